The first kappa shape index (κ1) is 17.8. The molecule has 110 valence electrons. The van der Waals surface area contributed by atoms with E-state index in [1.807, 2.05) is 6.26 Å². The summed E-state index contributed by atoms with van der Waals surface area (Å²) in [6, 6.07) is -1.64. The predicted octanol–water partition coefficient (Wildman–Crippen LogP) is 0.470. The van der Waals surface area contributed by atoms with Crippen molar-refractivity contribution in [2.75, 3.05) is 12.0 Å². The molecule has 0 aliphatic carbocycles. The van der Waals surface area contributed by atoms with Crippen molar-refractivity contribution in [2.45, 2.75) is 39.3 Å². The summed E-state index contributed by atoms with van der Waals surface area (Å²) in [6.45, 7) is 4.76. The van der Waals surface area contributed by atoms with E-state index in [0.29, 0.717) is 12.2 Å². The van der Waals surface area contributed by atoms with Crippen LogP contribution in [0.2, 0.25) is 0 Å². The van der Waals surface area contributed by atoms with Gasteiger partial charge in [-0.05, 0) is 24.3 Å². The van der Waals surface area contributed by atoms with E-state index in [-0.39, 0.29) is 11.8 Å². The smallest absolute Gasteiger partial charge is 0.326 e. The molecule has 0 aliphatic heterocycles. The van der Waals surface area contributed by atoms with Crippen molar-refractivity contribution in [2.24, 2.45) is 5.92 Å². The highest BCUT2D eigenvalue weighted by Gasteiger charge is 2.27. The molecule has 0 aliphatic rings. The van der Waals surface area contributed by atoms with Gasteiger partial charge >= 0.3 is 5.97 Å². The molecule has 0 spiro atoms. The van der Waals surface area contributed by atoms with E-state index in [9.17, 15) is 14.4 Å². The van der Waals surface area contributed by atoms with E-state index < -0.39 is 24.0 Å². The number of thioether (sulfide) groups is 1. The van der Waals surface area contributed by atoms with Crippen molar-refractivity contribution in [3.05, 3.63) is 0 Å². The van der Waals surface area contributed by atoms with E-state index in [4.69, 9.17) is 5.11 Å². The fraction of sp³-hybridized carbons (Fsp3) is 0.750. The van der Waals surface area contributed by atoms with Gasteiger partial charge in [0.25, 0.3) is 0 Å². The molecule has 0 fully saturated rings. The minimum Gasteiger partial charge on any atom is -0.480 e. The van der Waals surface area contributed by atoms with E-state index in [2.05, 4.69) is 10.6 Å². The Labute approximate surface area is 117 Å². The van der Waals surface area contributed by atoms with Crippen LogP contribution in [0.15, 0.2) is 0 Å². The second kappa shape index (κ2) is 8.79. The van der Waals surface area contributed by atoms with Gasteiger partial charge < -0.3 is 15.7 Å². The molecular weight excluding hydrogens is 268 g/mol. The van der Waals surface area contributed by atoms with Crippen LogP contribution in [0.25, 0.3) is 0 Å². The lowest BCUT2D eigenvalue weighted by Crippen LogP contribution is -2.53. The predicted molar refractivity (Wildman–Crippen MR) is 75.0 cm³/mol. The molecular formula is C12H22N2O4S. The average molecular weight is 290 g/mol. The summed E-state index contributed by atoms with van der Waals surface area (Å²) in [6.07, 6.45) is 2.37. The van der Waals surface area contributed by atoms with Crippen LogP contribution in [0.5, 0.6) is 0 Å². The van der Waals surface area contributed by atoms with Gasteiger partial charge in [-0.1, -0.05) is 13.8 Å². The first-order chi connectivity index (χ1) is 8.79. The minimum absolute atomic E-state index is 0.222. The van der Waals surface area contributed by atoms with Gasteiger partial charge in [-0.25, -0.2) is 4.79 Å². The number of carboxylic acids is 1. The number of carboxylic acid groups (broad SMARTS) is 1. The Kier molecular flexibility index (Phi) is 8.22. The zero-order valence-electron chi connectivity index (χ0n) is 11.7. The standard InChI is InChI=1S/C12H22N2O4S/c1-7(2)10(12(17)18)14-11(16)9(5-6-19-4)13-8(3)15/h7,9-10H,5-6H2,1-4H3,(H,13,15)(H,14,16)(H,17,18)/t9-,10-/m0/s1. The van der Waals surface area contributed by atoms with Crippen LogP contribution in [0, 0.1) is 5.92 Å². The molecule has 0 aromatic rings. The van der Waals surface area contributed by atoms with E-state index in [1.54, 1.807) is 25.6 Å². The molecule has 0 aromatic carbocycles. The minimum atomic E-state index is -1.07. The third kappa shape index (κ3) is 7.05. The van der Waals surface area contributed by atoms with Crippen LogP contribution < -0.4 is 10.6 Å². The van der Waals surface area contributed by atoms with Crippen molar-refractivity contribution in [1.29, 1.82) is 0 Å². The largest absolute Gasteiger partial charge is 0.480 e. The van der Waals surface area contributed by atoms with Crippen molar-refractivity contribution in [3.8, 4) is 0 Å². The molecule has 2 atom stereocenters. The summed E-state index contributed by atoms with van der Waals surface area (Å²) in [7, 11) is 0. The molecule has 0 bridgehead atoms. The Morgan fingerprint density at radius 2 is 1.79 bits per heavy atom. The Morgan fingerprint density at radius 3 is 2.16 bits per heavy atom. The first-order valence-electron chi connectivity index (χ1n) is 6.08. The maximum Gasteiger partial charge on any atom is 0.326 e. The van der Waals surface area contributed by atoms with Crippen LogP contribution >= 0.6 is 11.8 Å². The SMILES string of the molecule is CSCC[C@H](NC(C)=O)C(=O)N[C@H](C(=O)O)C(C)C. The van der Waals surface area contributed by atoms with Gasteiger partial charge in [0.2, 0.25) is 11.8 Å². The summed E-state index contributed by atoms with van der Waals surface area (Å²) >= 11 is 1.56. The van der Waals surface area contributed by atoms with Gasteiger partial charge in [-0.3, -0.25) is 9.59 Å². The van der Waals surface area contributed by atoms with Gasteiger partial charge in [0, 0.05) is 6.92 Å². The fourth-order valence-corrected chi connectivity index (χ4v) is 1.99. The molecule has 3 N–H and O–H groups in total. The molecule has 0 radical (unpaired) electrons. The maximum absolute atomic E-state index is 12.0. The molecule has 7 heteroatoms. The van der Waals surface area contributed by atoms with Crippen LogP contribution in [0.1, 0.15) is 27.2 Å². The molecule has 0 heterocycles. The second-order valence-electron chi connectivity index (χ2n) is 4.60. The van der Waals surface area contributed by atoms with E-state index in [0.717, 1.165) is 0 Å². The normalized spacial score (nSPS) is 13.7. The zero-order valence-corrected chi connectivity index (χ0v) is 12.5. The number of hydrogen-bond donors (Lipinski definition) is 3. The van der Waals surface area contributed by atoms with E-state index >= 15 is 0 Å². The third-order valence-corrected chi connectivity index (χ3v) is 3.18. The highest BCUT2D eigenvalue weighted by Crippen LogP contribution is 2.05. The molecule has 0 saturated heterocycles. The monoisotopic (exact) mass is 290 g/mol. The van der Waals surface area contributed by atoms with Crippen molar-refractivity contribution >= 4 is 29.5 Å². The Hall–Kier alpha value is -1.24. The van der Waals surface area contributed by atoms with Crippen LogP contribution in [0.3, 0.4) is 0 Å². The molecule has 0 unspecified atom stereocenters. The fourth-order valence-electron chi connectivity index (χ4n) is 1.52. The average Bonchev–Trinajstić information content (AvgIpc) is 2.29. The van der Waals surface area contributed by atoms with Crippen molar-refractivity contribution < 1.29 is 19.5 Å². The summed E-state index contributed by atoms with van der Waals surface area (Å²) in [4.78, 5) is 34.1. The van der Waals surface area contributed by atoms with Crippen molar-refractivity contribution in [1.82, 2.24) is 10.6 Å². The highest BCUT2D eigenvalue weighted by atomic mass is 32.2. The quantitative estimate of drug-likeness (QED) is 0.604. The molecule has 0 aromatic heterocycles. The first-order valence-corrected chi connectivity index (χ1v) is 7.48. The maximum atomic E-state index is 12.0. The van der Waals surface area contributed by atoms with Gasteiger partial charge in [0.15, 0.2) is 0 Å². The van der Waals surface area contributed by atoms with Gasteiger partial charge in [0.05, 0.1) is 0 Å². The second-order valence-corrected chi connectivity index (χ2v) is 5.59. The number of nitrogens with one attached hydrogen (secondary N) is 2. The third-order valence-electron chi connectivity index (χ3n) is 2.54. The Bertz CT molecular complexity index is 334. The highest BCUT2D eigenvalue weighted by molar-refractivity contribution is 7.98. The van der Waals surface area contributed by atoms with E-state index in [1.165, 1.54) is 6.92 Å². The lowest BCUT2D eigenvalue weighted by molar-refractivity contribution is -0.143. The van der Waals surface area contributed by atoms with Crippen LogP contribution in [0.4, 0.5) is 0 Å². The van der Waals surface area contributed by atoms with Crippen molar-refractivity contribution in [3.63, 3.8) is 0 Å². The number of carbonyl (C=O) groups is 3. The summed E-state index contributed by atoms with van der Waals surface area (Å²) in [5.74, 6) is -1.35. The van der Waals surface area contributed by atoms with Crippen LogP contribution in [-0.2, 0) is 14.4 Å². The molecule has 0 rings (SSSR count). The summed E-state index contributed by atoms with van der Waals surface area (Å²) in [5.41, 5.74) is 0. The van der Waals surface area contributed by atoms with Gasteiger partial charge in [-0.2, -0.15) is 11.8 Å². The lowest BCUT2D eigenvalue weighted by Gasteiger charge is -2.22. The van der Waals surface area contributed by atoms with Gasteiger partial charge in [-0.15, -0.1) is 0 Å². The van der Waals surface area contributed by atoms with Gasteiger partial charge in [0.1, 0.15) is 12.1 Å². The Balaban J connectivity index is 4.68. The number of aliphatic carboxylic acids is 1. The number of amides is 2. The molecule has 19 heavy (non-hydrogen) atoms. The number of carbonyl (C=O) groups excluding carboxylic acids is 2. The lowest BCUT2D eigenvalue weighted by atomic mass is 10.0. The summed E-state index contributed by atoms with van der Waals surface area (Å²) in [5, 5.41) is 14.0. The Morgan fingerprint density at radius 1 is 1.21 bits per heavy atom. The zero-order chi connectivity index (χ0) is 15.0. The molecule has 6 nitrogen and oxygen atoms in total. The summed E-state index contributed by atoms with van der Waals surface area (Å²) < 4.78 is 0. The molecule has 0 saturated carbocycles. The topological polar surface area (TPSA) is 95.5 Å². The number of rotatable bonds is 8. The number of hydrogen-bond acceptors (Lipinski definition) is 4. The molecule has 2 amide bonds. The van der Waals surface area contributed by atoms with Crippen LogP contribution in [-0.4, -0.2) is 47.0 Å².